The number of benzene rings is 2. The lowest BCUT2D eigenvalue weighted by atomic mass is 9.90. The molecule has 0 saturated heterocycles. The molecule has 1 N–H and O–H groups in total. The van der Waals surface area contributed by atoms with Crippen LogP contribution < -0.4 is 0 Å². The molecule has 23 heavy (non-hydrogen) atoms. The molecule has 1 unspecified atom stereocenters. The quantitative estimate of drug-likeness (QED) is 0.734. The summed E-state index contributed by atoms with van der Waals surface area (Å²) < 4.78 is 46.3. The maximum Gasteiger partial charge on any atom is 0.425 e. The zero-order valence-electron chi connectivity index (χ0n) is 11.6. The van der Waals surface area contributed by atoms with Crippen LogP contribution in [0.4, 0.5) is 13.2 Å². The SMILES string of the molecule is OC1(C(F)(F)F)c2ccccc2-c2c(-c3cnco3)cccc21. The standard InChI is InChI=1S/C17H10F3NO2/c18-17(19,20)16(22)12-6-2-1-4-10(12)15-11(5-3-7-13(15)16)14-8-21-9-23-14/h1-9,22H. The Labute approximate surface area is 129 Å². The third-order valence-electron chi connectivity index (χ3n) is 4.15. The third-order valence-corrected chi connectivity index (χ3v) is 4.15. The molecule has 0 saturated carbocycles. The Morgan fingerprint density at radius 2 is 1.65 bits per heavy atom. The molecule has 116 valence electrons. The van der Waals surface area contributed by atoms with E-state index in [-0.39, 0.29) is 11.1 Å². The molecule has 0 radical (unpaired) electrons. The van der Waals surface area contributed by atoms with Crippen LogP contribution in [-0.4, -0.2) is 16.3 Å². The molecule has 2 aromatic carbocycles. The number of aromatic nitrogens is 1. The molecule has 1 heterocycles. The van der Waals surface area contributed by atoms with Crippen molar-refractivity contribution in [2.75, 3.05) is 0 Å². The maximum atomic E-state index is 13.7. The summed E-state index contributed by atoms with van der Waals surface area (Å²) in [6.07, 6.45) is -2.19. The molecule has 1 atom stereocenters. The lowest BCUT2D eigenvalue weighted by Crippen LogP contribution is -2.41. The molecular formula is C17H10F3NO2. The van der Waals surface area contributed by atoms with Crippen molar-refractivity contribution in [3.8, 4) is 22.5 Å². The molecule has 0 aliphatic heterocycles. The van der Waals surface area contributed by atoms with E-state index in [2.05, 4.69) is 4.98 Å². The van der Waals surface area contributed by atoms with Gasteiger partial charge < -0.3 is 9.52 Å². The van der Waals surface area contributed by atoms with Gasteiger partial charge in [0, 0.05) is 16.7 Å². The van der Waals surface area contributed by atoms with Crippen LogP contribution >= 0.6 is 0 Å². The first kappa shape index (κ1) is 14.0. The van der Waals surface area contributed by atoms with E-state index in [0.717, 1.165) is 0 Å². The summed E-state index contributed by atoms with van der Waals surface area (Å²) in [7, 11) is 0. The van der Waals surface area contributed by atoms with Crippen molar-refractivity contribution in [2.45, 2.75) is 11.8 Å². The second-order valence-electron chi connectivity index (χ2n) is 5.35. The van der Waals surface area contributed by atoms with Crippen LogP contribution in [0.15, 0.2) is 59.5 Å². The van der Waals surface area contributed by atoms with Gasteiger partial charge in [-0.3, -0.25) is 0 Å². The largest absolute Gasteiger partial charge is 0.443 e. The van der Waals surface area contributed by atoms with E-state index < -0.39 is 11.8 Å². The fraction of sp³-hybridized carbons (Fsp3) is 0.118. The molecule has 6 heteroatoms. The highest BCUT2D eigenvalue weighted by Gasteiger charge is 2.61. The van der Waals surface area contributed by atoms with Gasteiger partial charge in [-0.2, -0.15) is 13.2 Å². The first-order valence-corrected chi connectivity index (χ1v) is 6.86. The van der Waals surface area contributed by atoms with E-state index in [4.69, 9.17) is 4.42 Å². The fourth-order valence-corrected chi connectivity index (χ4v) is 3.17. The Hall–Kier alpha value is -2.60. The van der Waals surface area contributed by atoms with E-state index in [1.54, 1.807) is 18.2 Å². The minimum Gasteiger partial charge on any atom is -0.443 e. The number of rotatable bonds is 1. The molecule has 1 aliphatic rings. The summed E-state index contributed by atoms with van der Waals surface area (Å²) in [5.41, 5.74) is -2.27. The van der Waals surface area contributed by atoms with Gasteiger partial charge in [-0.05, 0) is 11.1 Å². The van der Waals surface area contributed by atoms with Gasteiger partial charge in [0.2, 0.25) is 5.60 Å². The van der Waals surface area contributed by atoms with Crippen molar-refractivity contribution in [1.82, 2.24) is 4.98 Å². The van der Waals surface area contributed by atoms with E-state index >= 15 is 0 Å². The van der Waals surface area contributed by atoms with E-state index in [9.17, 15) is 18.3 Å². The lowest BCUT2D eigenvalue weighted by molar-refractivity contribution is -0.246. The van der Waals surface area contributed by atoms with Gasteiger partial charge in [0.15, 0.2) is 12.2 Å². The summed E-state index contributed by atoms with van der Waals surface area (Å²) in [5, 5.41) is 10.6. The van der Waals surface area contributed by atoms with Crippen molar-refractivity contribution in [3.63, 3.8) is 0 Å². The van der Waals surface area contributed by atoms with Crippen molar-refractivity contribution in [1.29, 1.82) is 0 Å². The second kappa shape index (κ2) is 4.45. The summed E-state index contributed by atoms with van der Waals surface area (Å²) in [6, 6.07) is 10.4. The number of nitrogens with zero attached hydrogens (tertiary/aromatic N) is 1. The first-order chi connectivity index (χ1) is 10.9. The Morgan fingerprint density at radius 3 is 2.35 bits per heavy atom. The van der Waals surface area contributed by atoms with E-state index in [1.807, 2.05) is 0 Å². The van der Waals surface area contributed by atoms with Crippen LogP contribution in [0, 0.1) is 0 Å². The van der Waals surface area contributed by atoms with Crippen LogP contribution in [0.2, 0.25) is 0 Å². The highest BCUT2D eigenvalue weighted by atomic mass is 19.4. The fourth-order valence-electron chi connectivity index (χ4n) is 3.17. The summed E-state index contributed by atoms with van der Waals surface area (Å²) >= 11 is 0. The third kappa shape index (κ3) is 1.72. The number of hydrogen-bond donors (Lipinski definition) is 1. The highest BCUT2D eigenvalue weighted by molar-refractivity contribution is 5.91. The number of fused-ring (bicyclic) bond motifs is 3. The Morgan fingerprint density at radius 1 is 0.957 bits per heavy atom. The molecule has 0 fully saturated rings. The maximum absolute atomic E-state index is 13.7. The van der Waals surface area contributed by atoms with Gasteiger partial charge in [-0.1, -0.05) is 42.5 Å². The van der Waals surface area contributed by atoms with Gasteiger partial charge in [-0.15, -0.1) is 0 Å². The van der Waals surface area contributed by atoms with Crippen LogP contribution in [-0.2, 0) is 5.60 Å². The van der Waals surface area contributed by atoms with E-state index in [1.165, 1.54) is 36.9 Å². The van der Waals surface area contributed by atoms with Crippen LogP contribution in [0.1, 0.15) is 11.1 Å². The number of alkyl halides is 3. The average molecular weight is 317 g/mol. The minimum atomic E-state index is -4.84. The molecule has 0 bridgehead atoms. The van der Waals surface area contributed by atoms with Gasteiger partial charge in [0.25, 0.3) is 0 Å². The van der Waals surface area contributed by atoms with Gasteiger partial charge in [0.05, 0.1) is 6.20 Å². The number of oxazole rings is 1. The normalized spacial score (nSPS) is 19.5. The molecule has 4 rings (SSSR count). The van der Waals surface area contributed by atoms with Gasteiger partial charge in [0.1, 0.15) is 0 Å². The van der Waals surface area contributed by atoms with Crippen molar-refractivity contribution >= 4 is 0 Å². The zero-order valence-corrected chi connectivity index (χ0v) is 11.6. The first-order valence-electron chi connectivity index (χ1n) is 6.86. The predicted octanol–water partition coefficient (Wildman–Crippen LogP) is 4.12. The molecule has 1 aromatic heterocycles. The lowest BCUT2D eigenvalue weighted by Gasteiger charge is -2.28. The van der Waals surface area contributed by atoms with Crippen molar-refractivity contribution in [3.05, 3.63) is 66.2 Å². The number of aliphatic hydroxyl groups is 1. The monoisotopic (exact) mass is 317 g/mol. The number of hydrogen-bond acceptors (Lipinski definition) is 3. The predicted molar refractivity (Wildman–Crippen MR) is 76.4 cm³/mol. The molecule has 1 aliphatic carbocycles. The van der Waals surface area contributed by atoms with Crippen molar-refractivity contribution in [2.24, 2.45) is 0 Å². The van der Waals surface area contributed by atoms with Crippen LogP contribution in [0.25, 0.3) is 22.5 Å². The molecule has 0 spiro atoms. The summed E-state index contributed by atoms with van der Waals surface area (Å²) in [4.78, 5) is 3.81. The van der Waals surface area contributed by atoms with Gasteiger partial charge in [-0.25, -0.2) is 4.98 Å². The van der Waals surface area contributed by atoms with Crippen LogP contribution in [0.5, 0.6) is 0 Å². The highest BCUT2D eigenvalue weighted by Crippen LogP contribution is 2.56. The summed E-state index contributed by atoms with van der Waals surface area (Å²) in [6.45, 7) is 0. The molecular weight excluding hydrogens is 307 g/mol. The molecule has 0 amide bonds. The van der Waals surface area contributed by atoms with E-state index in [0.29, 0.717) is 22.5 Å². The Bertz CT molecular complexity index is 887. The van der Waals surface area contributed by atoms with Crippen molar-refractivity contribution < 1.29 is 22.7 Å². The minimum absolute atomic E-state index is 0.172. The molecule has 3 aromatic rings. The summed E-state index contributed by atoms with van der Waals surface area (Å²) in [5.74, 6) is 0.350. The second-order valence-corrected chi connectivity index (χ2v) is 5.35. The topological polar surface area (TPSA) is 46.3 Å². The smallest absolute Gasteiger partial charge is 0.425 e. The number of halogens is 3. The Kier molecular flexibility index (Phi) is 2.72. The average Bonchev–Trinajstić information content (AvgIpc) is 3.14. The van der Waals surface area contributed by atoms with Crippen LogP contribution in [0.3, 0.4) is 0 Å². The zero-order chi connectivity index (χ0) is 16.2. The Balaban J connectivity index is 2.12. The molecule has 3 nitrogen and oxygen atoms in total. The van der Waals surface area contributed by atoms with Gasteiger partial charge >= 0.3 is 6.18 Å².